The number of hydrogen-bond acceptors (Lipinski definition) is 8. The van der Waals surface area contributed by atoms with E-state index in [0.29, 0.717) is 30.2 Å². The average molecular weight is 550 g/mol. The zero-order valence-electron chi connectivity index (χ0n) is 23.8. The van der Waals surface area contributed by atoms with Gasteiger partial charge >= 0.3 is 0 Å². The lowest BCUT2D eigenvalue weighted by Gasteiger charge is -2.35. The van der Waals surface area contributed by atoms with Crippen molar-refractivity contribution in [2.75, 3.05) is 54.1 Å². The van der Waals surface area contributed by atoms with Crippen molar-refractivity contribution in [3.05, 3.63) is 59.7 Å². The van der Waals surface area contributed by atoms with Crippen LogP contribution in [-0.4, -0.2) is 98.1 Å². The van der Waals surface area contributed by atoms with Crippen molar-refractivity contribution in [1.29, 1.82) is 0 Å². The first-order valence-corrected chi connectivity index (χ1v) is 13.8. The van der Waals surface area contributed by atoms with Crippen molar-refractivity contribution >= 4 is 23.2 Å². The number of hydrazone groups is 1. The van der Waals surface area contributed by atoms with Crippen molar-refractivity contribution in [1.82, 2.24) is 14.8 Å². The molecule has 2 amide bonds. The summed E-state index contributed by atoms with van der Waals surface area (Å²) < 4.78 is 11.1. The van der Waals surface area contributed by atoms with Crippen LogP contribution >= 0.6 is 0 Å². The van der Waals surface area contributed by atoms with Gasteiger partial charge in [-0.25, -0.2) is 5.01 Å². The second-order valence-electron chi connectivity index (χ2n) is 10.00. The zero-order valence-corrected chi connectivity index (χ0v) is 23.8. The number of likely N-dealkylation sites (tertiary alicyclic amines) is 1. The fourth-order valence-corrected chi connectivity index (χ4v) is 4.90. The molecule has 10 nitrogen and oxygen atoms in total. The minimum Gasteiger partial charge on any atom is -0.493 e. The Hall–Kier alpha value is -3.92. The summed E-state index contributed by atoms with van der Waals surface area (Å²) in [4.78, 5) is 36.0. The zero-order chi connectivity index (χ0) is 28.5. The molecule has 40 heavy (non-hydrogen) atoms. The molecule has 0 aliphatic carbocycles. The number of nitrogens with zero attached hydrogens (tertiary/aromatic N) is 5. The topological polar surface area (TPSA) is 96.3 Å². The van der Waals surface area contributed by atoms with E-state index in [0.717, 1.165) is 50.0 Å². The van der Waals surface area contributed by atoms with E-state index in [-0.39, 0.29) is 30.2 Å². The van der Waals surface area contributed by atoms with Gasteiger partial charge in [0.25, 0.3) is 11.8 Å². The number of methoxy groups -OCH3 is 1. The Bertz CT molecular complexity index is 1220. The summed E-state index contributed by atoms with van der Waals surface area (Å²) in [5.74, 6) is 0.722. The van der Waals surface area contributed by atoms with Crippen LogP contribution in [0.1, 0.15) is 43.7 Å². The number of carbonyl (C=O) groups is 2. The molecule has 0 spiro atoms. The van der Waals surface area contributed by atoms with Gasteiger partial charge in [0, 0.05) is 30.8 Å². The molecule has 0 radical (unpaired) electrons. The monoisotopic (exact) mass is 549 g/mol. The van der Waals surface area contributed by atoms with Crippen molar-refractivity contribution in [2.45, 2.75) is 38.6 Å². The lowest BCUT2D eigenvalue weighted by atomic mass is 10.0. The van der Waals surface area contributed by atoms with Crippen LogP contribution < -0.4 is 9.47 Å². The molecule has 0 unspecified atom stereocenters. The van der Waals surface area contributed by atoms with Crippen LogP contribution in [0.2, 0.25) is 0 Å². The van der Waals surface area contributed by atoms with Gasteiger partial charge in [-0.05, 0) is 70.9 Å². The molecule has 0 atom stereocenters. The largest absolute Gasteiger partial charge is 0.493 e. The normalized spacial score (nSPS) is 16.8. The molecule has 2 aliphatic heterocycles. The molecule has 0 bridgehead atoms. The molecule has 214 valence electrons. The van der Waals surface area contributed by atoms with Crippen molar-refractivity contribution in [2.24, 2.45) is 10.3 Å². The first kappa shape index (κ1) is 29.1. The van der Waals surface area contributed by atoms with Gasteiger partial charge in [0.2, 0.25) is 0 Å². The molecule has 1 fully saturated rings. The first-order chi connectivity index (χ1) is 19.4. The molecular formula is C30H39N5O5. The molecule has 2 heterocycles. The quantitative estimate of drug-likeness (QED) is 0.333. The molecule has 2 aromatic rings. The molecule has 0 saturated carbocycles. The van der Waals surface area contributed by atoms with Crippen LogP contribution in [0.15, 0.2) is 58.8 Å². The standard InChI is InChI=1S/C30H39N5O5/c1-5-39-27-20-23(13-14-26(27)38-4)25-12-9-17-35(31-25)28(36)21-40-32-29(22-10-7-6-8-11-22)30(37)34(3)24-15-18-33(2)19-16-24/h6-8,10-11,13-14,20,24H,5,9,12,15-19,21H2,1-4H3. The van der Waals surface area contributed by atoms with Gasteiger partial charge in [0.15, 0.2) is 23.8 Å². The van der Waals surface area contributed by atoms with Crippen LogP contribution in [-0.2, 0) is 14.4 Å². The number of hydrogen-bond donors (Lipinski definition) is 0. The lowest BCUT2D eigenvalue weighted by Crippen LogP contribution is -2.47. The molecule has 2 aromatic carbocycles. The van der Waals surface area contributed by atoms with Gasteiger partial charge in [-0.2, -0.15) is 5.10 Å². The van der Waals surface area contributed by atoms with E-state index in [4.69, 9.17) is 14.3 Å². The molecule has 0 aromatic heterocycles. The molecule has 1 saturated heterocycles. The maximum atomic E-state index is 13.5. The Morgan fingerprint density at radius 1 is 1.07 bits per heavy atom. The summed E-state index contributed by atoms with van der Waals surface area (Å²) in [6.07, 6.45) is 3.29. The van der Waals surface area contributed by atoms with Crippen molar-refractivity contribution in [3.8, 4) is 11.5 Å². The predicted octanol–water partition coefficient (Wildman–Crippen LogP) is 3.39. The summed E-state index contributed by atoms with van der Waals surface area (Å²) in [7, 11) is 5.49. The van der Waals surface area contributed by atoms with Crippen molar-refractivity contribution < 1.29 is 23.9 Å². The fraction of sp³-hybridized carbons (Fsp3) is 0.467. The molecule has 2 aliphatic rings. The molecule has 4 rings (SSSR count). The van der Waals surface area contributed by atoms with Gasteiger partial charge in [0.1, 0.15) is 0 Å². The van der Waals surface area contributed by atoms with Crippen LogP contribution in [0.4, 0.5) is 0 Å². The van der Waals surface area contributed by atoms with Crippen molar-refractivity contribution in [3.63, 3.8) is 0 Å². The number of piperidine rings is 1. The second-order valence-corrected chi connectivity index (χ2v) is 10.00. The number of amides is 2. The highest BCUT2D eigenvalue weighted by molar-refractivity contribution is 6.45. The summed E-state index contributed by atoms with van der Waals surface area (Å²) in [6.45, 7) is 4.45. The lowest BCUT2D eigenvalue weighted by molar-refractivity contribution is -0.136. The Morgan fingerprint density at radius 3 is 2.52 bits per heavy atom. The fourth-order valence-electron chi connectivity index (χ4n) is 4.90. The summed E-state index contributed by atoms with van der Waals surface area (Å²) in [5, 5.41) is 10.2. The van der Waals surface area contributed by atoms with Gasteiger partial charge in [-0.15, -0.1) is 0 Å². The highest BCUT2D eigenvalue weighted by atomic mass is 16.6. The van der Waals surface area contributed by atoms with E-state index in [2.05, 4.69) is 22.2 Å². The smallest absolute Gasteiger partial charge is 0.283 e. The summed E-state index contributed by atoms with van der Waals surface area (Å²) in [5.41, 5.74) is 2.48. The Labute approximate surface area is 236 Å². The SMILES string of the molecule is CCOc1cc(C2=NN(C(=O)CON=C(C(=O)N(C)C3CCN(C)CC3)c3ccccc3)CCC2)ccc1OC. The average Bonchev–Trinajstić information content (AvgIpc) is 2.99. The predicted molar refractivity (Wildman–Crippen MR) is 154 cm³/mol. The summed E-state index contributed by atoms with van der Waals surface area (Å²) in [6, 6.07) is 15.0. The first-order valence-electron chi connectivity index (χ1n) is 13.8. The Kier molecular flexibility index (Phi) is 10.1. The number of ether oxygens (including phenoxy) is 2. The van der Waals surface area contributed by atoms with E-state index >= 15 is 0 Å². The van der Waals surface area contributed by atoms with E-state index in [1.54, 1.807) is 12.0 Å². The Morgan fingerprint density at radius 2 is 1.82 bits per heavy atom. The van der Waals surface area contributed by atoms with E-state index in [1.807, 2.05) is 62.5 Å². The number of rotatable bonds is 10. The van der Waals surface area contributed by atoms with Crippen LogP contribution in [0.25, 0.3) is 0 Å². The molecular weight excluding hydrogens is 510 g/mol. The Balaban J connectivity index is 1.46. The highest BCUT2D eigenvalue weighted by Crippen LogP contribution is 2.29. The van der Waals surface area contributed by atoms with E-state index in [9.17, 15) is 9.59 Å². The van der Waals surface area contributed by atoms with Crippen LogP contribution in [0.5, 0.6) is 11.5 Å². The number of benzene rings is 2. The molecule has 10 heteroatoms. The maximum absolute atomic E-state index is 13.5. The van der Waals surface area contributed by atoms with Gasteiger partial charge in [-0.3, -0.25) is 9.59 Å². The van der Waals surface area contributed by atoms with E-state index < -0.39 is 0 Å². The molecule has 0 N–H and O–H groups in total. The minimum atomic E-state index is -0.331. The maximum Gasteiger partial charge on any atom is 0.283 e. The van der Waals surface area contributed by atoms with Gasteiger partial charge in [-0.1, -0.05) is 35.5 Å². The third-order valence-electron chi connectivity index (χ3n) is 7.26. The minimum absolute atomic E-state index is 0.126. The third-order valence-corrected chi connectivity index (χ3v) is 7.26. The second kappa shape index (κ2) is 13.9. The number of oxime groups is 1. The van der Waals surface area contributed by atoms with Gasteiger partial charge < -0.3 is 24.1 Å². The van der Waals surface area contributed by atoms with Crippen LogP contribution in [0.3, 0.4) is 0 Å². The van der Waals surface area contributed by atoms with Gasteiger partial charge in [0.05, 0.1) is 19.4 Å². The third kappa shape index (κ3) is 7.18. The van der Waals surface area contributed by atoms with E-state index in [1.165, 1.54) is 5.01 Å². The number of likely N-dealkylation sites (N-methyl/N-ethyl adjacent to an activating group) is 1. The highest BCUT2D eigenvalue weighted by Gasteiger charge is 2.28. The summed E-state index contributed by atoms with van der Waals surface area (Å²) >= 11 is 0. The van der Waals surface area contributed by atoms with Crippen LogP contribution in [0, 0.1) is 0 Å². The number of carbonyl (C=O) groups excluding carboxylic acids is 2.